The van der Waals surface area contributed by atoms with Crippen LogP contribution in [0.4, 0.5) is 5.82 Å². The average Bonchev–Trinajstić information content (AvgIpc) is 3.33. The highest BCUT2D eigenvalue weighted by Gasteiger charge is 2.33. The number of aliphatic hydroxyl groups is 1. The highest BCUT2D eigenvalue weighted by Crippen LogP contribution is 2.32. The third-order valence-corrected chi connectivity index (χ3v) is 6.62. The Balaban J connectivity index is 1.74. The number of hydrogen-bond acceptors (Lipinski definition) is 8. The van der Waals surface area contributed by atoms with Crippen LogP contribution in [0.1, 0.15) is 59.7 Å². The number of hydrogen-bond donors (Lipinski definition) is 1. The number of aliphatic hydroxyl groups excluding tert-OH is 1. The summed E-state index contributed by atoms with van der Waals surface area (Å²) in [6.07, 6.45) is 6.15. The van der Waals surface area contributed by atoms with E-state index in [-0.39, 0.29) is 25.3 Å². The second-order valence-electron chi connectivity index (χ2n) is 8.22. The lowest BCUT2D eigenvalue weighted by molar-refractivity contribution is 0.0199. The quantitative estimate of drug-likeness (QED) is 0.694. The molecule has 0 atom stereocenters. The van der Waals surface area contributed by atoms with Crippen LogP contribution in [0.15, 0.2) is 5.38 Å². The van der Waals surface area contributed by atoms with Crippen LogP contribution in [0, 0.1) is 6.92 Å². The van der Waals surface area contributed by atoms with Crippen molar-refractivity contribution in [2.75, 3.05) is 38.6 Å². The first kappa shape index (κ1) is 22.0. The van der Waals surface area contributed by atoms with Crippen molar-refractivity contribution >= 4 is 23.1 Å². The molecule has 9 nitrogen and oxygen atoms in total. The summed E-state index contributed by atoms with van der Waals surface area (Å²) in [5.74, 6) is 0.382. The number of amides is 1. The van der Waals surface area contributed by atoms with E-state index in [4.69, 9.17) is 14.5 Å². The van der Waals surface area contributed by atoms with Gasteiger partial charge in [0.2, 0.25) is 0 Å². The monoisotopic (exact) mass is 449 g/mol. The number of thiazole rings is 1. The Bertz CT molecular complexity index is 892. The fourth-order valence-electron chi connectivity index (χ4n) is 4.06. The number of carbonyl (C=O) groups excluding carboxylic acids is 1. The van der Waals surface area contributed by atoms with Crippen molar-refractivity contribution in [2.45, 2.75) is 58.1 Å². The van der Waals surface area contributed by atoms with Crippen molar-refractivity contribution in [1.29, 1.82) is 0 Å². The van der Waals surface area contributed by atoms with Gasteiger partial charge in [0.25, 0.3) is 11.9 Å². The summed E-state index contributed by atoms with van der Waals surface area (Å²) in [4.78, 5) is 26.4. The lowest BCUT2D eigenvalue weighted by atomic mass is 9.98. The predicted molar refractivity (Wildman–Crippen MR) is 118 cm³/mol. The van der Waals surface area contributed by atoms with E-state index < -0.39 is 0 Å². The molecule has 31 heavy (non-hydrogen) atoms. The van der Waals surface area contributed by atoms with Crippen molar-refractivity contribution in [2.24, 2.45) is 0 Å². The number of fused-ring (bicyclic) bond motifs is 1. The summed E-state index contributed by atoms with van der Waals surface area (Å²) in [7, 11) is 1.87. The lowest BCUT2D eigenvalue weighted by Gasteiger charge is -2.29. The number of ether oxygens (including phenoxy) is 2. The van der Waals surface area contributed by atoms with Gasteiger partial charge in [-0.15, -0.1) is 11.3 Å². The summed E-state index contributed by atoms with van der Waals surface area (Å²) in [6.45, 7) is 3.31. The molecule has 2 aromatic rings. The van der Waals surface area contributed by atoms with Gasteiger partial charge in [-0.2, -0.15) is 4.98 Å². The van der Waals surface area contributed by atoms with Crippen LogP contribution >= 0.6 is 11.3 Å². The van der Waals surface area contributed by atoms with E-state index in [9.17, 15) is 9.90 Å². The third kappa shape index (κ3) is 5.02. The van der Waals surface area contributed by atoms with E-state index in [0.29, 0.717) is 43.8 Å². The molecule has 2 aliphatic rings. The minimum atomic E-state index is -0.172. The standard InChI is InChI=1S/C21H31N5O4S/c1-15-12-31-17(22-15)11-26-18-19(23-21(26)30-16-7-4-3-5-8-16)24(2)13-29-14-25(20(18)28)9-6-10-27/h12,16,27H,3-11,13-14H2,1-2H3. The number of rotatable bonds is 7. The largest absolute Gasteiger partial charge is 0.461 e. The van der Waals surface area contributed by atoms with Crippen molar-refractivity contribution in [1.82, 2.24) is 19.4 Å². The van der Waals surface area contributed by atoms with Gasteiger partial charge in [0, 0.05) is 31.3 Å². The predicted octanol–water partition coefficient (Wildman–Crippen LogP) is 2.61. The molecular weight excluding hydrogens is 418 g/mol. The van der Waals surface area contributed by atoms with E-state index >= 15 is 0 Å². The minimum absolute atomic E-state index is 0.0181. The van der Waals surface area contributed by atoms with Crippen LogP contribution in [-0.2, 0) is 11.3 Å². The number of aryl methyl sites for hydroxylation is 1. The van der Waals surface area contributed by atoms with Crippen molar-refractivity contribution in [3.8, 4) is 6.01 Å². The zero-order valence-electron chi connectivity index (χ0n) is 18.2. The molecule has 2 aromatic heterocycles. The molecule has 0 radical (unpaired) electrons. The van der Waals surface area contributed by atoms with Crippen LogP contribution < -0.4 is 9.64 Å². The zero-order chi connectivity index (χ0) is 21.8. The Hall–Kier alpha value is -2.17. The third-order valence-electron chi connectivity index (χ3n) is 5.67. The number of anilines is 1. The molecule has 4 rings (SSSR count). The van der Waals surface area contributed by atoms with Gasteiger partial charge in [-0.3, -0.25) is 9.36 Å². The Morgan fingerprint density at radius 2 is 2.06 bits per heavy atom. The molecule has 10 heteroatoms. The Kier molecular flexibility index (Phi) is 7.09. The molecule has 1 fully saturated rings. The van der Waals surface area contributed by atoms with Crippen molar-refractivity contribution < 1.29 is 19.4 Å². The Morgan fingerprint density at radius 3 is 2.77 bits per heavy atom. The van der Waals surface area contributed by atoms with Crippen LogP contribution in [0.5, 0.6) is 6.01 Å². The number of aromatic nitrogens is 3. The summed E-state index contributed by atoms with van der Waals surface area (Å²) >= 11 is 1.57. The molecule has 1 aliphatic carbocycles. The molecule has 0 spiro atoms. The summed E-state index contributed by atoms with van der Waals surface area (Å²) in [5.41, 5.74) is 1.45. The molecule has 170 valence electrons. The lowest BCUT2D eigenvalue weighted by Crippen LogP contribution is -2.40. The molecule has 0 bridgehead atoms. The SMILES string of the molecule is Cc1csc(Cn2c(OC3CCCCC3)nc3c2C(=O)N(CCCO)COCN3C)n1. The molecule has 3 heterocycles. The van der Waals surface area contributed by atoms with Crippen LogP contribution in [-0.4, -0.2) is 70.2 Å². The van der Waals surface area contributed by atoms with Gasteiger partial charge in [-0.25, -0.2) is 4.98 Å². The maximum absolute atomic E-state index is 13.6. The normalized spacial score (nSPS) is 18.1. The van der Waals surface area contributed by atoms with Crippen LogP contribution in [0.3, 0.4) is 0 Å². The fourth-order valence-corrected chi connectivity index (χ4v) is 4.82. The summed E-state index contributed by atoms with van der Waals surface area (Å²) < 4.78 is 13.9. The van der Waals surface area contributed by atoms with Gasteiger partial charge in [-0.05, 0) is 39.0 Å². The molecule has 0 unspecified atom stereocenters. The number of imidazole rings is 1. The Labute approximate surface area is 186 Å². The number of nitrogens with zero attached hydrogens (tertiary/aromatic N) is 5. The highest BCUT2D eigenvalue weighted by atomic mass is 32.1. The Morgan fingerprint density at radius 1 is 1.26 bits per heavy atom. The van der Waals surface area contributed by atoms with Crippen molar-refractivity contribution in [3.63, 3.8) is 0 Å². The van der Waals surface area contributed by atoms with E-state index in [1.807, 2.05) is 28.8 Å². The second kappa shape index (κ2) is 9.97. The minimum Gasteiger partial charge on any atom is -0.461 e. The van der Waals surface area contributed by atoms with Gasteiger partial charge in [0.15, 0.2) is 11.5 Å². The van der Waals surface area contributed by atoms with E-state index in [0.717, 1.165) is 36.4 Å². The average molecular weight is 450 g/mol. The van der Waals surface area contributed by atoms with Gasteiger partial charge >= 0.3 is 0 Å². The van der Waals surface area contributed by atoms with Gasteiger partial charge in [-0.1, -0.05) is 6.42 Å². The van der Waals surface area contributed by atoms with Crippen molar-refractivity contribution in [3.05, 3.63) is 21.8 Å². The topological polar surface area (TPSA) is 93.0 Å². The number of carbonyl (C=O) groups is 1. The van der Waals surface area contributed by atoms with E-state index in [2.05, 4.69) is 4.98 Å². The zero-order valence-corrected chi connectivity index (χ0v) is 19.1. The van der Waals surface area contributed by atoms with E-state index in [1.165, 1.54) is 6.42 Å². The molecule has 1 amide bonds. The second-order valence-corrected chi connectivity index (χ2v) is 9.16. The maximum atomic E-state index is 13.6. The molecule has 1 N–H and O–H groups in total. The van der Waals surface area contributed by atoms with Crippen LogP contribution in [0.25, 0.3) is 0 Å². The van der Waals surface area contributed by atoms with Gasteiger partial charge in [0.05, 0.1) is 6.54 Å². The van der Waals surface area contributed by atoms with Crippen LogP contribution in [0.2, 0.25) is 0 Å². The summed E-state index contributed by atoms with van der Waals surface area (Å²) in [5, 5.41) is 12.2. The first-order chi connectivity index (χ1) is 15.1. The summed E-state index contributed by atoms with van der Waals surface area (Å²) in [6, 6.07) is 0.467. The molecule has 0 saturated heterocycles. The van der Waals surface area contributed by atoms with E-state index in [1.54, 1.807) is 16.2 Å². The van der Waals surface area contributed by atoms with Gasteiger partial charge < -0.3 is 24.4 Å². The fraction of sp³-hybridized carbons (Fsp3) is 0.667. The first-order valence-electron chi connectivity index (χ1n) is 10.9. The highest BCUT2D eigenvalue weighted by molar-refractivity contribution is 7.09. The molecule has 1 saturated carbocycles. The smallest absolute Gasteiger partial charge is 0.299 e. The molecular formula is C21H31N5O4S. The van der Waals surface area contributed by atoms with Gasteiger partial charge in [0.1, 0.15) is 24.6 Å². The molecule has 0 aromatic carbocycles. The first-order valence-corrected chi connectivity index (χ1v) is 11.8. The maximum Gasteiger partial charge on any atom is 0.299 e. The molecule has 1 aliphatic heterocycles.